The third-order valence-corrected chi connectivity index (χ3v) is 3.25. The Hall–Kier alpha value is 1.73. The molecule has 0 bridgehead atoms. The number of hydrogen-bond donors (Lipinski definition) is 0. The average Bonchev–Trinajstić information content (AvgIpc) is 2.24. The molecular weight excluding hydrogens is 327 g/mol. The Labute approximate surface area is 152 Å². The van der Waals surface area contributed by atoms with Crippen LogP contribution in [-0.2, 0) is 28.6 Å². The molecule has 0 aromatic carbocycles. The molecule has 0 saturated heterocycles. The first-order valence-electron chi connectivity index (χ1n) is 6.73. The van der Waals surface area contributed by atoms with Crippen molar-refractivity contribution in [2.45, 2.75) is 71.1 Å². The maximum atomic E-state index is 10.1. The fraction of sp³-hybridized carbons (Fsp3) is 1.00. The summed E-state index contributed by atoms with van der Waals surface area (Å²) in [7, 11) is -4.74. The Bertz CT molecular complexity index is 214. The maximum Gasteiger partial charge on any atom is 2.00 e. The molecule has 0 N–H and O–H groups in total. The first-order valence-corrected chi connectivity index (χ1v) is 8.19. The van der Waals surface area contributed by atoms with Crippen molar-refractivity contribution in [2.24, 2.45) is 0 Å². The summed E-state index contributed by atoms with van der Waals surface area (Å²) in [5.41, 5.74) is 0. The monoisotopic (exact) mass is 351 g/mol. The molecular formula is C12H25NaO4PZn+. The van der Waals surface area contributed by atoms with Gasteiger partial charge in [-0.25, -0.2) is 0 Å². The zero-order chi connectivity index (χ0) is 13.0. The third-order valence-electron chi connectivity index (χ3n) is 2.75. The summed E-state index contributed by atoms with van der Waals surface area (Å²) in [6.07, 6.45) is 11.7. The Morgan fingerprint density at radius 1 is 0.842 bits per heavy atom. The molecule has 0 heterocycles. The van der Waals surface area contributed by atoms with E-state index in [1.807, 2.05) is 0 Å². The van der Waals surface area contributed by atoms with Gasteiger partial charge in [0, 0.05) is 0 Å². The van der Waals surface area contributed by atoms with Gasteiger partial charge >= 0.3 is 49.0 Å². The zero-order valence-electron chi connectivity index (χ0n) is 12.6. The largest absolute Gasteiger partial charge is 2.00 e. The molecule has 19 heavy (non-hydrogen) atoms. The van der Waals surface area contributed by atoms with Gasteiger partial charge in [0.15, 0.2) is 0 Å². The molecule has 0 aromatic rings. The van der Waals surface area contributed by atoms with E-state index < -0.39 is 7.82 Å². The molecule has 0 amide bonds. The van der Waals surface area contributed by atoms with Crippen molar-refractivity contribution >= 4 is 7.82 Å². The molecule has 0 radical (unpaired) electrons. The van der Waals surface area contributed by atoms with E-state index >= 15 is 0 Å². The number of phosphoric ester groups is 1. The van der Waals surface area contributed by atoms with Crippen LogP contribution in [0.3, 0.4) is 0 Å². The van der Waals surface area contributed by atoms with E-state index in [1.165, 1.54) is 44.9 Å². The summed E-state index contributed by atoms with van der Waals surface area (Å²) in [6.45, 7) is 2.26. The normalized spacial score (nSPS) is 10.7. The summed E-state index contributed by atoms with van der Waals surface area (Å²) < 4.78 is 14.3. The standard InChI is InChI=1S/C12H27O4P.Na.Zn/c1-2-3-4-5-6-7-8-9-10-11-12-16-17(13,14)15;;/h2-12H2,1H3,(H2,13,14,15);;/q;+1;+2/p-2. The van der Waals surface area contributed by atoms with Crippen LogP contribution in [0, 0.1) is 0 Å². The minimum absolute atomic E-state index is 0. The summed E-state index contributed by atoms with van der Waals surface area (Å²) in [5.74, 6) is 0. The first-order chi connectivity index (χ1) is 8.06. The summed E-state index contributed by atoms with van der Waals surface area (Å²) in [6, 6.07) is 0. The molecule has 0 saturated carbocycles. The fourth-order valence-electron chi connectivity index (χ4n) is 1.77. The van der Waals surface area contributed by atoms with E-state index in [-0.39, 0.29) is 55.6 Å². The maximum absolute atomic E-state index is 10.1. The van der Waals surface area contributed by atoms with Crippen LogP contribution in [0.2, 0.25) is 0 Å². The second kappa shape index (κ2) is 17.8. The second-order valence-electron chi connectivity index (χ2n) is 4.46. The molecule has 7 heteroatoms. The Morgan fingerprint density at radius 2 is 1.21 bits per heavy atom. The average molecular weight is 353 g/mol. The zero-order valence-corrected chi connectivity index (χ0v) is 18.4. The molecule has 0 spiro atoms. The molecule has 0 rings (SSSR count). The second-order valence-corrected chi connectivity index (χ2v) is 5.62. The van der Waals surface area contributed by atoms with Gasteiger partial charge in [0.2, 0.25) is 0 Å². The molecule has 0 fully saturated rings. The molecule has 0 aliphatic rings. The van der Waals surface area contributed by atoms with Crippen molar-refractivity contribution in [2.75, 3.05) is 6.61 Å². The Balaban J connectivity index is -0.00000128. The quantitative estimate of drug-likeness (QED) is 0.276. The molecule has 0 atom stereocenters. The molecule has 0 aromatic heterocycles. The topological polar surface area (TPSA) is 72.4 Å². The van der Waals surface area contributed by atoms with Crippen molar-refractivity contribution in [3.8, 4) is 0 Å². The van der Waals surface area contributed by atoms with Crippen LogP contribution in [0.5, 0.6) is 0 Å². The number of unbranched alkanes of at least 4 members (excludes halogenated alkanes) is 9. The van der Waals surface area contributed by atoms with Gasteiger partial charge in [-0.1, -0.05) is 64.7 Å². The summed E-state index contributed by atoms with van der Waals surface area (Å²) >= 11 is 0. The van der Waals surface area contributed by atoms with E-state index in [1.54, 1.807) is 0 Å². The van der Waals surface area contributed by atoms with E-state index in [4.69, 9.17) is 0 Å². The van der Waals surface area contributed by atoms with Gasteiger partial charge in [-0.15, -0.1) is 0 Å². The van der Waals surface area contributed by atoms with Crippen molar-refractivity contribution in [1.29, 1.82) is 0 Å². The predicted molar refractivity (Wildman–Crippen MR) is 65.4 cm³/mol. The SMILES string of the molecule is CCCCCCCCCCCCOP(=O)([O-])[O-].[Na+].[Zn+2]. The van der Waals surface area contributed by atoms with Gasteiger partial charge in [-0.2, -0.15) is 0 Å². The number of phosphoric acid groups is 1. The van der Waals surface area contributed by atoms with Gasteiger partial charge < -0.3 is 18.9 Å². The smallest absolute Gasteiger partial charge is 0.790 e. The Morgan fingerprint density at radius 3 is 1.58 bits per heavy atom. The van der Waals surface area contributed by atoms with Crippen LogP contribution < -0.4 is 39.3 Å². The van der Waals surface area contributed by atoms with Crippen molar-refractivity contribution < 1.29 is 67.9 Å². The van der Waals surface area contributed by atoms with Gasteiger partial charge in [0.25, 0.3) is 0 Å². The van der Waals surface area contributed by atoms with Crippen LogP contribution >= 0.6 is 7.82 Å². The fourth-order valence-corrected chi connectivity index (χ4v) is 2.12. The van der Waals surface area contributed by atoms with Gasteiger partial charge in [-0.05, 0) is 6.42 Å². The van der Waals surface area contributed by atoms with E-state index in [0.717, 1.165) is 12.8 Å². The van der Waals surface area contributed by atoms with Gasteiger partial charge in [0.1, 0.15) is 0 Å². The van der Waals surface area contributed by atoms with Crippen LogP contribution in [-0.4, -0.2) is 6.61 Å². The predicted octanol–water partition coefficient (Wildman–Crippen LogP) is -0.246. The van der Waals surface area contributed by atoms with E-state index in [2.05, 4.69) is 11.4 Å². The van der Waals surface area contributed by atoms with E-state index in [0.29, 0.717) is 6.42 Å². The third kappa shape index (κ3) is 25.1. The number of hydrogen-bond acceptors (Lipinski definition) is 4. The van der Waals surface area contributed by atoms with Gasteiger partial charge in [-0.3, -0.25) is 0 Å². The number of rotatable bonds is 12. The molecule has 0 aliphatic carbocycles. The molecule has 0 unspecified atom stereocenters. The van der Waals surface area contributed by atoms with Crippen molar-refractivity contribution in [3.05, 3.63) is 0 Å². The van der Waals surface area contributed by atoms with Gasteiger partial charge in [0.05, 0.1) is 14.4 Å². The van der Waals surface area contributed by atoms with Crippen molar-refractivity contribution in [3.63, 3.8) is 0 Å². The van der Waals surface area contributed by atoms with Crippen LogP contribution in [0.15, 0.2) is 0 Å². The first kappa shape index (κ1) is 25.7. The van der Waals surface area contributed by atoms with Crippen molar-refractivity contribution in [1.82, 2.24) is 0 Å². The molecule has 0 aliphatic heterocycles. The molecule has 4 nitrogen and oxygen atoms in total. The minimum Gasteiger partial charge on any atom is -0.790 e. The minimum atomic E-state index is -4.74. The summed E-state index contributed by atoms with van der Waals surface area (Å²) in [5, 5.41) is 0. The van der Waals surface area contributed by atoms with Crippen LogP contribution in [0.1, 0.15) is 71.1 Å². The summed E-state index contributed by atoms with van der Waals surface area (Å²) in [4.78, 5) is 20.3. The van der Waals surface area contributed by atoms with E-state index in [9.17, 15) is 14.4 Å². The Kier molecular flexibility index (Phi) is 24.0. The molecule has 104 valence electrons. The van der Waals surface area contributed by atoms with Crippen LogP contribution in [0.4, 0.5) is 0 Å². The van der Waals surface area contributed by atoms with Crippen LogP contribution in [0.25, 0.3) is 0 Å².